The van der Waals surface area contributed by atoms with Crippen molar-refractivity contribution in [3.8, 4) is 6.07 Å². The number of halogens is 3. The Bertz CT molecular complexity index is 726. The van der Waals surface area contributed by atoms with E-state index in [1.54, 1.807) is 18.2 Å². The molecule has 0 bridgehead atoms. The molecule has 6 heteroatoms. The predicted octanol–water partition coefficient (Wildman–Crippen LogP) is 2.79. The SMILES string of the molecule is N#Cc1cccc(Cn2c(C(F)(F)F)cccc2=O)c1. The monoisotopic (exact) mass is 278 g/mol. The first-order valence-corrected chi connectivity index (χ1v) is 5.68. The van der Waals surface area contributed by atoms with E-state index < -0.39 is 17.4 Å². The number of hydrogen-bond acceptors (Lipinski definition) is 2. The molecule has 0 spiro atoms. The summed E-state index contributed by atoms with van der Waals surface area (Å²) in [6.07, 6.45) is -4.60. The van der Waals surface area contributed by atoms with Gasteiger partial charge in [-0.25, -0.2) is 0 Å². The molecule has 0 aliphatic heterocycles. The third kappa shape index (κ3) is 2.88. The van der Waals surface area contributed by atoms with Crippen LogP contribution in [0, 0.1) is 11.3 Å². The third-order valence-corrected chi connectivity index (χ3v) is 2.74. The maximum Gasteiger partial charge on any atom is 0.431 e. The van der Waals surface area contributed by atoms with Crippen LogP contribution in [-0.4, -0.2) is 4.57 Å². The Morgan fingerprint density at radius 3 is 2.50 bits per heavy atom. The number of alkyl halides is 3. The molecule has 2 rings (SSSR count). The van der Waals surface area contributed by atoms with E-state index >= 15 is 0 Å². The van der Waals surface area contributed by atoms with E-state index in [0.29, 0.717) is 15.7 Å². The fourth-order valence-electron chi connectivity index (χ4n) is 1.85. The maximum absolute atomic E-state index is 12.9. The molecule has 1 aromatic heterocycles. The Morgan fingerprint density at radius 2 is 1.85 bits per heavy atom. The van der Waals surface area contributed by atoms with E-state index in [2.05, 4.69) is 0 Å². The van der Waals surface area contributed by atoms with Gasteiger partial charge in [0.15, 0.2) is 0 Å². The van der Waals surface area contributed by atoms with E-state index in [1.807, 2.05) is 6.07 Å². The molecule has 0 N–H and O–H groups in total. The maximum atomic E-state index is 12.9. The third-order valence-electron chi connectivity index (χ3n) is 2.74. The molecule has 20 heavy (non-hydrogen) atoms. The minimum atomic E-state index is -4.60. The lowest BCUT2D eigenvalue weighted by molar-refractivity contribution is -0.144. The normalized spacial score (nSPS) is 11.1. The standard InChI is InChI=1S/C14H9F3N2O/c15-14(16,17)12-5-2-6-13(20)19(12)9-11-4-1-3-10(7-11)8-18/h1-7H,9H2. The van der Waals surface area contributed by atoms with Crippen LogP contribution in [0.4, 0.5) is 13.2 Å². The topological polar surface area (TPSA) is 45.8 Å². The van der Waals surface area contributed by atoms with Gasteiger partial charge in [-0.05, 0) is 23.8 Å². The van der Waals surface area contributed by atoms with Gasteiger partial charge in [-0.1, -0.05) is 18.2 Å². The average molecular weight is 278 g/mol. The smallest absolute Gasteiger partial charge is 0.300 e. The van der Waals surface area contributed by atoms with Crippen LogP contribution in [0.2, 0.25) is 0 Å². The van der Waals surface area contributed by atoms with Crippen LogP contribution in [0.25, 0.3) is 0 Å². The van der Waals surface area contributed by atoms with E-state index in [-0.39, 0.29) is 6.54 Å². The number of benzene rings is 1. The Kier molecular flexibility index (Phi) is 3.61. The molecular weight excluding hydrogens is 269 g/mol. The van der Waals surface area contributed by atoms with Gasteiger partial charge in [-0.2, -0.15) is 18.4 Å². The molecule has 0 aliphatic carbocycles. The Hall–Kier alpha value is -2.55. The fraction of sp³-hybridized carbons (Fsp3) is 0.143. The molecular formula is C14H9F3N2O. The van der Waals surface area contributed by atoms with Gasteiger partial charge in [0.2, 0.25) is 0 Å². The summed E-state index contributed by atoms with van der Waals surface area (Å²) in [5.74, 6) is 0. The van der Waals surface area contributed by atoms with Gasteiger partial charge >= 0.3 is 6.18 Å². The quantitative estimate of drug-likeness (QED) is 0.848. The van der Waals surface area contributed by atoms with Gasteiger partial charge in [0.1, 0.15) is 5.69 Å². The number of nitriles is 1. The van der Waals surface area contributed by atoms with E-state index in [1.165, 1.54) is 6.07 Å². The van der Waals surface area contributed by atoms with Crippen LogP contribution in [-0.2, 0) is 12.7 Å². The van der Waals surface area contributed by atoms with Crippen LogP contribution in [0.5, 0.6) is 0 Å². The highest BCUT2D eigenvalue weighted by Crippen LogP contribution is 2.28. The van der Waals surface area contributed by atoms with Gasteiger partial charge in [0.25, 0.3) is 5.56 Å². The summed E-state index contributed by atoms with van der Waals surface area (Å²) in [4.78, 5) is 11.6. The molecule has 1 heterocycles. The van der Waals surface area contributed by atoms with Gasteiger partial charge < -0.3 is 0 Å². The first kappa shape index (κ1) is 13.9. The summed E-state index contributed by atoms with van der Waals surface area (Å²) < 4.78 is 39.2. The summed E-state index contributed by atoms with van der Waals surface area (Å²) >= 11 is 0. The number of aromatic nitrogens is 1. The lowest BCUT2D eigenvalue weighted by atomic mass is 10.1. The lowest BCUT2D eigenvalue weighted by Crippen LogP contribution is -2.27. The fourth-order valence-corrected chi connectivity index (χ4v) is 1.85. The number of pyridine rings is 1. The molecule has 0 saturated carbocycles. The molecule has 0 aliphatic rings. The second-order valence-electron chi connectivity index (χ2n) is 4.15. The van der Waals surface area contributed by atoms with Crippen molar-refractivity contribution in [2.24, 2.45) is 0 Å². The largest absolute Gasteiger partial charge is 0.431 e. The highest BCUT2D eigenvalue weighted by atomic mass is 19.4. The van der Waals surface area contributed by atoms with Crippen LogP contribution in [0.3, 0.4) is 0 Å². The molecule has 102 valence electrons. The second-order valence-corrected chi connectivity index (χ2v) is 4.15. The Balaban J connectivity index is 2.48. The minimum absolute atomic E-state index is 0.232. The van der Waals surface area contributed by atoms with Crippen LogP contribution >= 0.6 is 0 Å². The minimum Gasteiger partial charge on any atom is -0.300 e. The summed E-state index contributed by atoms with van der Waals surface area (Å²) in [6.45, 7) is -0.232. The van der Waals surface area contributed by atoms with Crippen molar-refractivity contribution in [3.05, 3.63) is 69.6 Å². The average Bonchev–Trinajstić information content (AvgIpc) is 2.40. The van der Waals surface area contributed by atoms with Crippen molar-refractivity contribution in [3.63, 3.8) is 0 Å². The van der Waals surface area contributed by atoms with Crippen molar-refractivity contribution in [2.45, 2.75) is 12.7 Å². The Labute approximate surface area is 112 Å². The zero-order valence-electron chi connectivity index (χ0n) is 10.2. The van der Waals surface area contributed by atoms with Crippen molar-refractivity contribution < 1.29 is 13.2 Å². The van der Waals surface area contributed by atoms with Crippen LogP contribution < -0.4 is 5.56 Å². The van der Waals surface area contributed by atoms with E-state index in [4.69, 9.17) is 5.26 Å². The Morgan fingerprint density at radius 1 is 1.15 bits per heavy atom. The second kappa shape index (κ2) is 5.21. The summed E-state index contributed by atoms with van der Waals surface area (Å²) in [6, 6.07) is 11.0. The molecule has 0 radical (unpaired) electrons. The molecule has 0 saturated heterocycles. The molecule has 0 amide bonds. The molecule has 3 nitrogen and oxygen atoms in total. The van der Waals surface area contributed by atoms with Crippen LogP contribution in [0.1, 0.15) is 16.8 Å². The van der Waals surface area contributed by atoms with Crippen molar-refractivity contribution in [1.82, 2.24) is 4.57 Å². The molecule has 0 unspecified atom stereocenters. The van der Waals surface area contributed by atoms with Crippen molar-refractivity contribution in [1.29, 1.82) is 5.26 Å². The summed E-state index contributed by atoms with van der Waals surface area (Å²) in [5.41, 5.74) is -0.947. The molecule has 0 atom stereocenters. The van der Waals surface area contributed by atoms with Crippen molar-refractivity contribution in [2.75, 3.05) is 0 Å². The lowest BCUT2D eigenvalue weighted by Gasteiger charge is -2.15. The number of rotatable bonds is 2. The zero-order chi connectivity index (χ0) is 14.8. The predicted molar refractivity (Wildman–Crippen MR) is 66.0 cm³/mol. The summed E-state index contributed by atoms with van der Waals surface area (Å²) in [7, 11) is 0. The van der Waals surface area contributed by atoms with Crippen LogP contribution in [0.15, 0.2) is 47.3 Å². The van der Waals surface area contributed by atoms with E-state index in [0.717, 1.165) is 18.2 Å². The van der Waals surface area contributed by atoms with Gasteiger partial charge in [0, 0.05) is 6.07 Å². The van der Waals surface area contributed by atoms with Gasteiger partial charge in [0.05, 0.1) is 18.2 Å². The molecule has 1 aromatic carbocycles. The van der Waals surface area contributed by atoms with E-state index in [9.17, 15) is 18.0 Å². The number of hydrogen-bond donors (Lipinski definition) is 0. The van der Waals surface area contributed by atoms with Crippen molar-refractivity contribution >= 4 is 0 Å². The zero-order valence-corrected chi connectivity index (χ0v) is 10.2. The first-order chi connectivity index (χ1) is 9.41. The highest BCUT2D eigenvalue weighted by Gasteiger charge is 2.34. The molecule has 2 aromatic rings. The summed E-state index contributed by atoms with van der Waals surface area (Å²) in [5, 5.41) is 8.77. The number of nitrogens with zero attached hydrogens (tertiary/aromatic N) is 2. The highest BCUT2D eigenvalue weighted by molar-refractivity contribution is 5.33. The molecule has 0 fully saturated rings. The van der Waals surface area contributed by atoms with Gasteiger partial charge in [-0.3, -0.25) is 9.36 Å². The van der Waals surface area contributed by atoms with Gasteiger partial charge in [-0.15, -0.1) is 0 Å². The first-order valence-electron chi connectivity index (χ1n) is 5.68.